The number of halogens is 1. The Morgan fingerprint density at radius 3 is 1.57 bits per heavy atom. The van der Waals surface area contributed by atoms with Gasteiger partial charge in [-0.2, -0.15) is 0 Å². The SMILES string of the molecule is Cl.O=[N+]([O-])O.[K+].[Mg+2]. The molecule has 0 fully saturated rings. The minimum absolute atomic E-state index is 0. The van der Waals surface area contributed by atoms with Gasteiger partial charge < -0.3 is 5.21 Å². The van der Waals surface area contributed by atoms with E-state index >= 15 is 0 Å². The average Bonchev–Trinajstić information content (AvgIpc) is 0.811. The van der Waals surface area contributed by atoms with Crippen LogP contribution in [0.5, 0.6) is 0 Å². The van der Waals surface area contributed by atoms with Crippen LogP contribution < -0.4 is 51.4 Å². The first kappa shape index (κ1) is 23.1. The second kappa shape index (κ2) is 15.7. The maximum absolute atomic E-state index is 8.36. The van der Waals surface area contributed by atoms with Crippen LogP contribution >= 0.6 is 12.4 Å². The summed E-state index contributed by atoms with van der Waals surface area (Å²) in [7, 11) is 0. The third-order valence-electron chi connectivity index (χ3n) is 0. The van der Waals surface area contributed by atoms with Gasteiger partial charge in [-0.3, -0.25) is 0 Å². The van der Waals surface area contributed by atoms with Gasteiger partial charge in [-0.15, -0.1) is 22.5 Å². The Morgan fingerprint density at radius 2 is 1.57 bits per heavy atom. The molecule has 0 bridgehead atoms. The molecule has 0 aliphatic heterocycles. The third kappa shape index (κ3) is 76.5. The van der Waals surface area contributed by atoms with Gasteiger partial charge in [0.2, 0.25) is 0 Å². The van der Waals surface area contributed by atoms with E-state index in [-0.39, 0.29) is 86.8 Å². The minimum Gasteiger partial charge on any atom is -0.328 e. The van der Waals surface area contributed by atoms with Crippen molar-refractivity contribution in [1.29, 1.82) is 0 Å². The summed E-state index contributed by atoms with van der Waals surface area (Å²) < 4.78 is 0. The van der Waals surface area contributed by atoms with E-state index in [4.69, 9.17) is 15.3 Å². The monoisotopic (exact) mass is 162 g/mol. The van der Waals surface area contributed by atoms with Crippen LogP contribution in [-0.2, 0) is 0 Å². The van der Waals surface area contributed by atoms with Crippen molar-refractivity contribution in [3.8, 4) is 0 Å². The van der Waals surface area contributed by atoms with Crippen molar-refractivity contribution in [3.05, 3.63) is 10.1 Å². The maximum atomic E-state index is 8.36. The fourth-order valence-corrected chi connectivity index (χ4v) is 0. The molecule has 0 radical (unpaired) electrons. The molecule has 4 nitrogen and oxygen atoms in total. The molecule has 7 heteroatoms. The summed E-state index contributed by atoms with van der Waals surface area (Å²) in [6, 6.07) is 0. The van der Waals surface area contributed by atoms with Crippen molar-refractivity contribution in [3.63, 3.8) is 0 Å². The summed E-state index contributed by atoms with van der Waals surface area (Å²) in [5.74, 6) is 0. The van der Waals surface area contributed by atoms with E-state index in [0.717, 1.165) is 0 Å². The van der Waals surface area contributed by atoms with Gasteiger partial charge >= 0.3 is 74.4 Å². The summed E-state index contributed by atoms with van der Waals surface area (Å²) >= 11 is 0. The summed E-state index contributed by atoms with van der Waals surface area (Å²) in [6.07, 6.45) is 0. The normalized spacial score (nSPS) is 3.43. The Kier molecular flexibility index (Phi) is 51.8. The van der Waals surface area contributed by atoms with Crippen LogP contribution in [0.15, 0.2) is 0 Å². The molecule has 0 heterocycles. The second-order valence-electron chi connectivity index (χ2n) is 0.238. The van der Waals surface area contributed by atoms with E-state index in [0.29, 0.717) is 0 Å². The predicted octanol–water partition coefficient (Wildman–Crippen LogP) is -3.30. The summed E-state index contributed by atoms with van der Waals surface area (Å²) in [6.45, 7) is 0. The number of hydrogen-bond acceptors (Lipinski definition) is 2. The summed E-state index contributed by atoms with van der Waals surface area (Å²) in [4.78, 5) is 8.36. The Morgan fingerprint density at radius 1 is 1.57 bits per heavy atom. The van der Waals surface area contributed by atoms with Crippen LogP contribution in [0.4, 0.5) is 0 Å². The molecule has 32 valence electrons. The van der Waals surface area contributed by atoms with Gasteiger partial charge in [-0.05, 0) is 0 Å². The van der Waals surface area contributed by atoms with Gasteiger partial charge in [-0.25, -0.2) is 0 Å². The largest absolute Gasteiger partial charge is 2.00 e. The van der Waals surface area contributed by atoms with Gasteiger partial charge in [-0.1, -0.05) is 0 Å². The van der Waals surface area contributed by atoms with Gasteiger partial charge in [0.1, 0.15) is 0 Å². The van der Waals surface area contributed by atoms with Crippen molar-refractivity contribution in [2.24, 2.45) is 0 Å². The number of hydrogen-bond donors (Lipinski definition) is 1. The van der Waals surface area contributed by atoms with Crippen LogP contribution in [0.2, 0.25) is 0 Å². The first-order chi connectivity index (χ1) is 1.73. The van der Waals surface area contributed by atoms with Crippen LogP contribution in [0.25, 0.3) is 0 Å². The van der Waals surface area contributed by atoms with E-state index in [9.17, 15) is 0 Å². The molecule has 0 aliphatic carbocycles. The Labute approximate surface area is 105 Å². The predicted molar refractivity (Wildman–Crippen MR) is 21.8 cm³/mol. The van der Waals surface area contributed by atoms with Crippen molar-refractivity contribution in [1.82, 2.24) is 0 Å². The number of nitrogens with zero attached hydrogens (tertiary/aromatic N) is 1. The molecule has 1 N–H and O–H groups in total. The summed E-state index contributed by atoms with van der Waals surface area (Å²) in [5, 5.41) is 13.6. The topological polar surface area (TPSA) is 63.4 Å². The Hall–Kier alpha value is 1.89. The second-order valence-corrected chi connectivity index (χ2v) is 0.238. The molecule has 0 amide bonds. The van der Waals surface area contributed by atoms with Gasteiger partial charge in [0.05, 0.1) is 0 Å². The van der Waals surface area contributed by atoms with E-state index in [1.165, 1.54) is 0 Å². The molecule has 0 aromatic heterocycles. The zero-order valence-corrected chi connectivity index (χ0v) is 9.18. The first-order valence-corrected chi connectivity index (χ1v) is 0.565. The molecular formula is H2ClKMgNO3+3. The summed E-state index contributed by atoms with van der Waals surface area (Å²) in [5.41, 5.74) is 0. The van der Waals surface area contributed by atoms with Crippen molar-refractivity contribution < 1.29 is 61.7 Å². The van der Waals surface area contributed by atoms with E-state index < -0.39 is 5.09 Å². The van der Waals surface area contributed by atoms with E-state index in [1.54, 1.807) is 0 Å². The van der Waals surface area contributed by atoms with Crippen molar-refractivity contribution in [2.45, 2.75) is 0 Å². The molecular weight excluding hydrogens is 161 g/mol. The van der Waals surface area contributed by atoms with Crippen LogP contribution in [0.1, 0.15) is 0 Å². The molecule has 0 saturated carbocycles. The molecule has 0 atom stereocenters. The van der Waals surface area contributed by atoms with Crippen LogP contribution in [0, 0.1) is 10.1 Å². The average molecular weight is 163 g/mol. The quantitative estimate of drug-likeness (QED) is 0.231. The molecule has 0 rings (SSSR count). The molecule has 0 spiro atoms. The fraction of sp³-hybridized carbons (Fsp3) is 0. The maximum Gasteiger partial charge on any atom is 2.00 e. The molecule has 7 heavy (non-hydrogen) atoms. The third-order valence-corrected chi connectivity index (χ3v) is 0. The zero-order chi connectivity index (χ0) is 3.58. The molecule has 0 aliphatic rings. The van der Waals surface area contributed by atoms with Gasteiger partial charge in [0.15, 0.2) is 0 Å². The van der Waals surface area contributed by atoms with Crippen LogP contribution in [-0.4, -0.2) is 33.3 Å². The van der Waals surface area contributed by atoms with Crippen LogP contribution in [0.3, 0.4) is 0 Å². The Bertz CT molecular complexity index is 37.9. The molecule has 0 aromatic carbocycles. The molecule has 0 saturated heterocycles. The molecule has 0 unspecified atom stereocenters. The zero-order valence-electron chi connectivity index (χ0n) is 3.83. The van der Waals surface area contributed by atoms with Crippen molar-refractivity contribution in [2.75, 3.05) is 0 Å². The van der Waals surface area contributed by atoms with E-state index in [2.05, 4.69) is 0 Å². The van der Waals surface area contributed by atoms with Crippen molar-refractivity contribution >= 4 is 35.5 Å². The fourth-order valence-electron chi connectivity index (χ4n) is 0. The van der Waals surface area contributed by atoms with Gasteiger partial charge in [0, 0.05) is 0 Å². The molecule has 0 aromatic rings. The first-order valence-electron chi connectivity index (χ1n) is 0.565. The minimum atomic E-state index is -1.50. The number of rotatable bonds is 0. The van der Waals surface area contributed by atoms with Gasteiger partial charge in [0.25, 0.3) is 5.09 Å². The van der Waals surface area contributed by atoms with E-state index in [1.807, 2.05) is 0 Å². The standard InChI is InChI=1S/ClH.K.Mg.HNO3/c;;;2-1(3)4/h1H;;;(H,2,3,4)/q;+1;+2;. The Balaban J connectivity index is -0.0000000150. The smallest absolute Gasteiger partial charge is 0.328 e.